The summed E-state index contributed by atoms with van der Waals surface area (Å²) in [6, 6.07) is 1.63. The van der Waals surface area contributed by atoms with Crippen LogP contribution in [-0.4, -0.2) is 12.1 Å². The molecule has 17 heavy (non-hydrogen) atoms. The van der Waals surface area contributed by atoms with Gasteiger partial charge in [0.2, 0.25) is 0 Å². The molecule has 5 atom stereocenters. The Hall–Kier alpha value is -0.0400. The van der Waals surface area contributed by atoms with E-state index in [4.69, 9.17) is 0 Å². The van der Waals surface area contributed by atoms with Gasteiger partial charge in [0.1, 0.15) is 0 Å². The molecule has 0 aliphatic heterocycles. The maximum absolute atomic E-state index is 4.00. The molecular weight excluding hydrogens is 206 g/mol. The van der Waals surface area contributed by atoms with Crippen LogP contribution in [0.4, 0.5) is 0 Å². The van der Waals surface area contributed by atoms with Crippen LogP contribution in [0.25, 0.3) is 0 Å². The van der Waals surface area contributed by atoms with Crippen molar-refractivity contribution in [1.29, 1.82) is 0 Å². The first-order valence-electron chi connectivity index (χ1n) is 7.95. The van der Waals surface area contributed by atoms with Gasteiger partial charge in [-0.3, -0.25) is 0 Å². The molecule has 2 aliphatic rings. The summed E-state index contributed by atoms with van der Waals surface area (Å²) in [5.41, 5.74) is 0. The summed E-state index contributed by atoms with van der Waals surface area (Å²) < 4.78 is 0. The summed E-state index contributed by atoms with van der Waals surface area (Å²) in [5.74, 6) is 2.83. The summed E-state index contributed by atoms with van der Waals surface area (Å²) in [4.78, 5) is 0. The van der Waals surface area contributed by atoms with E-state index in [0.717, 1.165) is 29.8 Å². The molecule has 0 amide bonds. The predicted octanol–water partition coefficient (Wildman–Crippen LogP) is 4.37. The molecule has 0 aromatic heterocycles. The second-order valence-electron chi connectivity index (χ2n) is 6.81. The standard InChI is InChI=1S/C16H31N/c1-4-14-6-5-7-15(11-14)17-16-10-12(2)8-9-13(16)3/h12-17H,4-11H2,1-3H3. The fraction of sp³-hybridized carbons (Fsp3) is 1.00. The fourth-order valence-corrected chi connectivity index (χ4v) is 3.88. The maximum atomic E-state index is 4.00. The molecule has 2 aliphatic carbocycles. The topological polar surface area (TPSA) is 12.0 Å². The van der Waals surface area contributed by atoms with Crippen molar-refractivity contribution in [2.24, 2.45) is 17.8 Å². The molecule has 0 bridgehead atoms. The van der Waals surface area contributed by atoms with E-state index in [0.29, 0.717) is 0 Å². The van der Waals surface area contributed by atoms with Gasteiger partial charge < -0.3 is 5.32 Å². The van der Waals surface area contributed by atoms with Gasteiger partial charge in [-0.1, -0.05) is 46.5 Å². The molecule has 0 aromatic rings. The number of rotatable bonds is 3. The van der Waals surface area contributed by atoms with Gasteiger partial charge in [0, 0.05) is 12.1 Å². The smallest absolute Gasteiger partial charge is 0.00978 e. The molecule has 5 unspecified atom stereocenters. The lowest BCUT2D eigenvalue weighted by Crippen LogP contribution is -2.46. The van der Waals surface area contributed by atoms with E-state index >= 15 is 0 Å². The highest BCUT2D eigenvalue weighted by Gasteiger charge is 2.29. The van der Waals surface area contributed by atoms with Crippen molar-refractivity contribution in [2.45, 2.75) is 84.2 Å². The van der Waals surface area contributed by atoms with Crippen molar-refractivity contribution in [3.63, 3.8) is 0 Å². The van der Waals surface area contributed by atoms with Crippen molar-refractivity contribution in [3.05, 3.63) is 0 Å². The highest BCUT2D eigenvalue weighted by Crippen LogP contribution is 2.31. The number of hydrogen-bond acceptors (Lipinski definition) is 1. The van der Waals surface area contributed by atoms with Gasteiger partial charge in [0.05, 0.1) is 0 Å². The minimum absolute atomic E-state index is 0.805. The van der Waals surface area contributed by atoms with E-state index < -0.39 is 0 Å². The van der Waals surface area contributed by atoms with Crippen LogP contribution in [0.3, 0.4) is 0 Å². The molecule has 1 heteroatoms. The van der Waals surface area contributed by atoms with E-state index in [2.05, 4.69) is 26.1 Å². The van der Waals surface area contributed by atoms with Gasteiger partial charge in [-0.15, -0.1) is 0 Å². The molecule has 2 saturated carbocycles. The average molecular weight is 237 g/mol. The predicted molar refractivity (Wildman–Crippen MR) is 75.1 cm³/mol. The van der Waals surface area contributed by atoms with Crippen molar-refractivity contribution in [2.75, 3.05) is 0 Å². The highest BCUT2D eigenvalue weighted by molar-refractivity contribution is 4.86. The molecule has 0 spiro atoms. The summed E-state index contributed by atoms with van der Waals surface area (Å²) >= 11 is 0. The molecule has 100 valence electrons. The van der Waals surface area contributed by atoms with Gasteiger partial charge in [-0.25, -0.2) is 0 Å². The molecule has 2 fully saturated rings. The van der Waals surface area contributed by atoms with Crippen molar-refractivity contribution in [3.8, 4) is 0 Å². The van der Waals surface area contributed by atoms with Crippen molar-refractivity contribution in [1.82, 2.24) is 5.32 Å². The normalized spacial score (nSPS) is 43.6. The molecule has 1 nitrogen and oxygen atoms in total. The lowest BCUT2D eigenvalue weighted by Gasteiger charge is -2.38. The van der Waals surface area contributed by atoms with Crippen LogP contribution in [0, 0.1) is 17.8 Å². The summed E-state index contributed by atoms with van der Waals surface area (Å²) in [7, 11) is 0. The molecule has 2 rings (SSSR count). The van der Waals surface area contributed by atoms with Crippen LogP contribution < -0.4 is 5.32 Å². The number of hydrogen-bond donors (Lipinski definition) is 1. The van der Waals surface area contributed by atoms with E-state index in [1.807, 2.05) is 0 Å². The first kappa shape index (κ1) is 13.4. The van der Waals surface area contributed by atoms with E-state index in [-0.39, 0.29) is 0 Å². The largest absolute Gasteiger partial charge is 0.311 e. The third-order valence-corrected chi connectivity index (χ3v) is 5.27. The summed E-state index contributed by atoms with van der Waals surface area (Å²) in [6.07, 6.45) is 11.5. The van der Waals surface area contributed by atoms with Gasteiger partial charge in [-0.2, -0.15) is 0 Å². The Morgan fingerprint density at radius 1 is 1.00 bits per heavy atom. The van der Waals surface area contributed by atoms with Gasteiger partial charge >= 0.3 is 0 Å². The average Bonchev–Trinajstić information content (AvgIpc) is 2.34. The van der Waals surface area contributed by atoms with Crippen LogP contribution in [0.5, 0.6) is 0 Å². The second-order valence-corrected chi connectivity index (χ2v) is 6.81. The Bertz CT molecular complexity index is 226. The first-order valence-corrected chi connectivity index (χ1v) is 7.95. The fourth-order valence-electron chi connectivity index (χ4n) is 3.88. The lowest BCUT2D eigenvalue weighted by atomic mass is 9.78. The van der Waals surface area contributed by atoms with Crippen LogP contribution >= 0.6 is 0 Å². The van der Waals surface area contributed by atoms with Gasteiger partial charge in [-0.05, 0) is 43.4 Å². The molecular formula is C16H31N. The second kappa shape index (κ2) is 6.22. The molecule has 0 aromatic carbocycles. The Labute approximate surface area is 108 Å². The van der Waals surface area contributed by atoms with Gasteiger partial charge in [0.25, 0.3) is 0 Å². The summed E-state index contributed by atoms with van der Waals surface area (Å²) in [6.45, 7) is 7.23. The molecule has 0 saturated heterocycles. The van der Waals surface area contributed by atoms with Crippen LogP contribution in [-0.2, 0) is 0 Å². The third kappa shape index (κ3) is 3.71. The minimum atomic E-state index is 0.805. The zero-order chi connectivity index (χ0) is 12.3. The monoisotopic (exact) mass is 237 g/mol. The van der Waals surface area contributed by atoms with E-state index in [1.165, 1.54) is 51.4 Å². The Morgan fingerprint density at radius 3 is 2.59 bits per heavy atom. The first-order chi connectivity index (χ1) is 8.19. The van der Waals surface area contributed by atoms with Crippen LogP contribution in [0.15, 0.2) is 0 Å². The maximum Gasteiger partial charge on any atom is 0.00978 e. The summed E-state index contributed by atoms with van der Waals surface area (Å²) in [5, 5.41) is 4.00. The van der Waals surface area contributed by atoms with E-state index in [9.17, 15) is 0 Å². The zero-order valence-electron chi connectivity index (χ0n) is 12.0. The SMILES string of the molecule is CCC1CCCC(NC2CC(C)CCC2C)C1. The Balaban J connectivity index is 1.82. The number of nitrogens with one attached hydrogen (secondary N) is 1. The van der Waals surface area contributed by atoms with E-state index in [1.54, 1.807) is 0 Å². The molecule has 0 radical (unpaired) electrons. The third-order valence-electron chi connectivity index (χ3n) is 5.27. The van der Waals surface area contributed by atoms with Crippen molar-refractivity contribution >= 4 is 0 Å². The Kier molecular flexibility index (Phi) is 4.90. The zero-order valence-corrected chi connectivity index (χ0v) is 12.0. The quantitative estimate of drug-likeness (QED) is 0.768. The molecule has 1 N–H and O–H groups in total. The van der Waals surface area contributed by atoms with Crippen LogP contribution in [0.1, 0.15) is 72.1 Å². The Morgan fingerprint density at radius 2 is 1.82 bits per heavy atom. The lowest BCUT2D eigenvalue weighted by molar-refractivity contribution is 0.182. The minimum Gasteiger partial charge on any atom is -0.311 e. The van der Waals surface area contributed by atoms with Crippen LogP contribution in [0.2, 0.25) is 0 Å². The van der Waals surface area contributed by atoms with Crippen molar-refractivity contribution < 1.29 is 0 Å². The van der Waals surface area contributed by atoms with Gasteiger partial charge in [0.15, 0.2) is 0 Å². The molecule has 0 heterocycles. The highest BCUT2D eigenvalue weighted by atomic mass is 15.0.